The number of rotatable bonds is 4. The molecule has 0 aliphatic carbocycles. The second-order valence-electron chi connectivity index (χ2n) is 6.01. The second-order valence-corrected chi connectivity index (χ2v) is 6.45. The van der Waals surface area contributed by atoms with Crippen molar-refractivity contribution in [3.05, 3.63) is 52.4 Å². The highest BCUT2D eigenvalue weighted by Crippen LogP contribution is 2.26. The van der Waals surface area contributed by atoms with Crippen molar-refractivity contribution in [3.8, 4) is 0 Å². The lowest BCUT2D eigenvalue weighted by atomic mass is 10.1. The Morgan fingerprint density at radius 2 is 2.05 bits per heavy atom. The highest BCUT2D eigenvalue weighted by Gasteiger charge is 2.31. The van der Waals surface area contributed by atoms with Crippen LogP contribution in [0.5, 0.6) is 0 Å². The van der Waals surface area contributed by atoms with Gasteiger partial charge in [0.1, 0.15) is 12.1 Å². The van der Waals surface area contributed by atoms with Crippen LogP contribution < -0.4 is 4.90 Å². The lowest BCUT2D eigenvalue weighted by Gasteiger charge is -2.45. The van der Waals surface area contributed by atoms with Crippen LogP contribution in [0.4, 0.5) is 5.82 Å². The van der Waals surface area contributed by atoms with Crippen molar-refractivity contribution in [2.75, 3.05) is 25.0 Å². The maximum Gasteiger partial charge on any atom is 0.135 e. The molecule has 5 heteroatoms. The highest BCUT2D eigenvalue weighted by atomic mass is 35.5. The zero-order valence-corrected chi connectivity index (χ0v) is 14.0. The summed E-state index contributed by atoms with van der Waals surface area (Å²) in [7, 11) is 2.17. The largest absolute Gasteiger partial charge is 0.353 e. The minimum absolute atomic E-state index is 0.550. The minimum atomic E-state index is 0.550. The van der Waals surface area contributed by atoms with Crippen molar-refractivity contribution in [2.45, 2.75) is 26.4 Å². The van der Waals surface area contributed by atoms with Gasteiger partial charge in [-0.2, -0.15) is 0 Å². The van der Waals surface area contributed by atoms with Gasteiger partial charge < -0.3 is 4.90 Å². The number of likely N-dealkylation sites (N-methyl/N-ethyl adjacent to an activating group) is 1. The third-order valence-corrected chi connectivity index (χ3v) is 4.65. The Bertz CT molecular complexity index is 667. The number of hydrogen-bond donors (Lipinski definition) is 0. The summed E-state index contributed by atoms with van der Waals surface area (Å²) in [5.74, 6) is 1.07. The Balaban J connectivity index is 1.60. The van der Waals surface area contributed by atoms with Gasteiger partial charge in [-0.15, -0.1) is 0 Å². The van der Waals surface area contributed by atoms with Crippen molar-refractivity contribution < 1.29 is 0 Å². The zero-order valence-electron chi connectivity index (χ0n) is 13.3. The lowest BCUT2D eigenvalue weighted by Crippen LogP contribution is -2.58. The highest BCUT2D eigenvalue weighted by molar-refractivity contribution is 6.30. The third kappa shape index (κ3) is 3.08. The molecular weight excluding hydrogens is 296 g/mol. The molecular formula is C17H21ClN4. The number of halogens is 1. The van der Waals surface area contributed by atoms with Crippen LogP contribution in [0.25, 0.3) is 0 Å². The second kappa shape index (κ2) is 6.23. The molecule has 3 rings (SSSR count). The summed E-state index contributed by atoms with van der Waals surface area (Å²) in [6, 6.07) is 8.62. The molecule has 0 N–H and O–H groups in total. The molecule has 0 radical (unpaired) electrons. The summed E-state index contributed by atoms with van der Waals surface area (Å²) in [6.45, 7) is 7.06. The molecule has 0 spiro atoms. The van der Waals surface area contributed by atoms with Gasteiger partial charge in [0.15, 0.2) is 0 Å². The van der Waals surface area contributed by atoms with Crippen LogP contribution in [0.15, 0.2) is 30.6 Å². The number of nitrogens with zero attached hydrogens (tertiary/aromatic N) is 4. The van der Waals surface area contributed by atoms with Gasteiger partial charge in [0.05, 0.1) is 0 Å². The maximum atomic E-state index is 6.05. The predicted molar refractivity (Wildman–Crippen MR) is 90.4 cm³/mol. The Morgan fingerprint density at radius 1 is 1.27 bits per heavy atom. The average molecular weight is 317 g/mol. The van der Waals surface area contributed by atoms with Gasteiger partial charge in [0, 0.05) is 42.0 Å². The van der Waals surface area contributed by atoms with E-state index in [2.05, 4.69) is 39.8 Å². The van der Waals surface area contributed by atoms with Crippen LogP contribution >= 0.6 is 11.6 Å². The van der Waals surface area contributed by atoms with Crippen LogP contribution in [-0.2, 0) is 6.54 Å². The third-order valence-electron chi connectivity index (χ3n) is 4.42. The molecule has 0 atom stereocenters. The van der Waals surface area contributed by atoms with E-state index in [0.717, 1.165) is 36.2 Å². The normalized spacial score (nSPS) is 15.2. The number of anilines is 1. The van der Waals surface area contributed by atoms with E-state index in [1.54, 1.807) is 6.33 Å². The summed E-state index contributed by atoms with van der Waals surface area (Å²) in [5.41, 5.74) is 3.49. The Morgan fingerprint density at radius 3 is 2.77 bits per heavy atom. The topological polar surface area (TPSA) is 32.3 Å². The first kappa shape index (κ1) is 15.3. The molecule has 0 bridgehead atoms. The van der Waals surface area contributed by atoms with Gasteiger partial charge in [-0.05, 0) is 38.6 Å². The average Bonchev–Trinajstić information content (AvgIpc) is 2.42. The molecule has 1 aliphatic heterocycles. The summed E-state index contributed by atoms with van der Waals surface area (Å²) in [4.78, 5) is 13.4. The van der Waals surface area contributed by atoms with E-state index in [9.17, 15) is 0 Å². The molecule has 22 heavy (non-hydrogen) atoms. The summed E-state index contributed by atoms with van der Waals surface area (Å²) in [6.07, 6.45) is 1.65. The van der Waals surface area contributed by atoms with Gasteiger partial charge in [0.2, 0.25) is 0 Å². The molecule has 1 fully saturated rings. The van der Waals surface area contributed by atoms with Crippen molar-refractivity contribution in [1.29, 1.82) is 0 Å². The maximum absolute atomic E-state index is 6.05. The van der Waals surface area contributed by atoms with Crippen molar-refractivity contribution in [2.24, 2.45) is 0 Å². The molecule has 4 nitrogen and oxygen atoms in total. The molecule has 1 saturated heterocycles. The fourth-order valence-electron chi connectivity index (χ4n) is 2.80. The van der Waals surface area contributed by atoms with E-state index in [-0.39, 0.29) is 0 Å². The number of hydrogen-bond acceptors (Lipinski definition) is 4. The quantitative estimate of drug-likeness (QED) is 0.868. The van der Waals surface area contributed by atoms with Crippen LogP contribution in [0.1, 0.15) is 16.8 Å². The Hall–Kier alpha value is -1.65. The molecule has 116 valence electrons. The van der Waals surface area contributed by atoms with Gasteiger partial charge in [0.25, 0.3) is 0 Å². The number of benzene rings is 1. The summed E-state index contributed by atoms with van der Waals surface area (Å²) >= 11 is 6.05. The lowest BCUT2D eigenvalue weighted by molar-refractivity contribution is 0.196. The molecule has 0 saturated carbocycles. The van der Waals surface area contributed by atoms with Gasteiger partial charge in [-0.3, -0.25) is 4.90 Å². The zero-order chi connectivity index (χ0) is 15.7. The van der Waals surface area contributed by atoms with Gasteiger partial charge in [-0.1, -0.05) is 23.7 Å². The Kier molecular flexibility index (Phi) is 4.32. The standard InChI is InChI=1S/C17H21ClN4/c1-12-13(2)19-11-20-17(12)22-9-16(10-22)21(3)8-14-5-4-6-15(18)7-14/h4-7,11,16H,8-10H2,1-3H3. The van der Waals surface area contributed by atoms with E-state index in [4.69, 9.17) is 11.6 Å². The smallest absolute Gasteiger partial charge is 0.135 e. The molecule has 2 heterocycles. The van der Waals surface area contributed by atoms with Crippen molar-refractivity contribution >= 4 is 17.4 Å². The van der Waals surface area contributed by atoms with Crippen LogP contribution in [0.2, 0.25) is 5.02 Å². The van der Waals surface area contributed by atoms with E-state index in [1.165, 1.54) is 11.1 Å². The van der Waals surface area contributed by atoms with Crippen molar-refractivity contribution in [3.63, 3.8) is 0 Å². The van der Waals surface area contributed by atoms with E-state index in [1.807, 2.05) is 25.1 Å². The molecule has 1 aromatic carbocycles. The van der Waals surface area contributed by atoms with Gasteiger partial charge in [-0.25, -0.2) is 9.97 Å². The van der Waals surface area contributed by atoms with E-state index < -0.39 is 0 Å². The Labute approximate surface area is 136 Å². The van der Waals surface area contributed by atoms with Gasteiger partial charge >= 0.3 is 0 Å². The first-order chi connectivity index (χ1) is 10.5. The first-order valence-corrected chi connectivity index (χ1v) is 7.90. The van der Waals surface area contributed by atoms with E-state index >= 15 is 0 Å². The molecule has 1 aromatic heterocycles. The number of aromatic nitrogens is 2. The summed E-state index contributed by atoms with van der Waals surface area (Å²) < 4.78 is 0. The molecule has 0 unspecified atom stereocenters. The number of aryl methyl sites for hydroxylation is 1. The predicted octanol–water partition coefficient (Wildman–Crippen LogP) is 3.07. The first-order valence-electron chi connectivity index (χ1n) is 7.52. The van der Waals surface area contributed by atoms with Crippen LogP contribution in [-0.4, -0.2) is 41.0 Å². The van der Waals surface area contributed by atoms with Crippen LogP contribution in [0, 0.1) is 13.8 Å². The SMILES string of the molecule is Cc1ncnc(N2CC(N(C)Cc3cccc(Cl)c3)C2)c1C. The fraction of sp³-hybridized carbons (Fsp3) is 0.412. The van der Waals surface area contributed by atoms with E-state index in [0.29, 0.717) is 6.04 Å². The molecule has 0 amide bonds. The van der Waals surface area contributed by atoms with Crippen molar-refractivity contribution in [1.82, 2.24) is 14.9 Å². The molecule has 1 aliphatic rings. The monoisotopic (exact) mass is 316 g/mol. The molecule has 2 aromatic rings. The fourth-order valence-corrected chi connectivity index (χ4v) is 3.02. The van der Waals surface area contributed by atoms with Crippen LogP contribution in [0.3, 0.4) is 0 Å². The summed E-state index contributed by atoms with van der Waals surface area (Å²) in [5, 5.41) is 0.799. The minimum Gasteiger partial charge on any atom is -0.353 e.